The van der Waals surface area contributed by atoms with Gasteiger partial charge in [0.2, 0.25) is 5.91 Å². The van der Waals surface area contributed by atoms with Gasteiger partial charge in [-0.1, -0.05) is 122 Å². The number of ether oxygens (including phenoxy) is 2. The predicted octanol–water partition coefficient (Wildman–Crippen LogP) is 7.77. The third-order valence-corrected chi connectivity index (χ3v) is 9.41. The highest BCUT2D eigenvalue weighted by Gasteiger charge is 2.36. The molecule has 2 N–H and O–H groups in total. The SMILES string of the molecule is CC[C@H](C)[C@@H](C(=O)N[C@H](Cc1cc(Cl)c(O)c(Cl)c1)C(=O)OCc1ccccc1)N(C)C(=O)OCC1c2ccccc2-c2ccccc21. The van der Waals surface area contributed by atoms with Crippen LogP contribution < -0.4 is 5.32 Å². The van der Waals surface area contributed by atoms with Crippen LogP contribution in [-0.4, -0.2) is 53.7 Å². The largest absolute Gasteiger partial charge is 0.505 e. The monoisotopic (exact) mass is 688 g/mol. The molecule has 0 spiro atoms. The molecule has 0 radical (unpaired) electrons. The van der Waals surface area contributed by atoms with Crippen molar-refractivity contribution in [2.75, 3.05) is 13.7 Å². The van der Waals surface area contributed by atoms with Gasteiger partial charge in [0.05, 0.1) is 10.0 Å². The van der Waals surface area contributed by atoms with Crippen LogP contribution in [0.15, 0.2) is 91.0 Å². The van der Waals surface area contributed by atoms with E-state index in [-0.39, 0.29) is 47.3 Å². The van der Waals surface area contributed by atoms with Crippen molar-refractivity contribution < 1.29 is 29.0 Å². The number of hydrogen-bond donors (Lipinski definition) is 2. The van der Waals surface area contributed by atoms with E-state index >= 15 is 0 Å². The molecule has 8 nitrogen and oxygen atoms in total. The molecule has 2 amide bonds. The first-order chi connectivity index (χ1) is 23.1. The minimum Gasteiger partial charge on any atom is -0.505 e. The van der Waals surface area contributed by atoms with E-state index < -0.39 is 30.1 Å². The Balaban J connectivity index is 1.33. The number of fused-ring (bicyclic) bond motifs is 3. The molecule has 0 unspecified atom stereocenters. The Kier molecular flexibility index (Phi) is 11.3. The number of nitrogens with one attached hydrogen (secondary N) is 1. The van der Waals surface area contributed by atoms with E-state index in [4.69, 9.17) is 32.7 Å². The molecule has 0 aliphatic heterocycles. The van der Waals surface area contributed by atoms with E-state index in [2.05, 4.69) is 17.4 Å². The topological polar surface area (TPSA) is 105 Å². The van der Waals surface area contributed by atoms with Crippen LogP contribution in [0.3, 0.4) is 0 Å². The van der Waals surface area contributed by atoms with Gasteiger partial charge in [-0.2, -0.15) is 0 Å². The molecule has 4 aromatic rings. The summed E-state index contributed by atoms with van der Waals surface area (Å²) in [6, 6.07) is 26.1. The van der Waals surface area contributed by atoms with Gasteiger partial charge in [0, 0.05) is 19.4 Å². The van der Waals surface area contributed by atoms with Crippen molar-refractivity contribution in [1.29, 1.82) is 0 Å². The molecule has 10 heteroatoms. The van der Waals surface area contributed by atoms with Gasteiger partial charge in [-0.3, -0.25) is 9.69 Å². The number of hydrogen-bond acceptors (Lipinski definition) is 6. The molecule has 0 saturated carbocycles. The van der Waals surface area contributed by atoms with Gasteiger partial charge in [0.25, 0.3) is 0 Å². The van der Waals surface area contributed by atoms with Crippen molar-refractivity contribution in [3.05, 3.63) is 123 Å². The van der Waals surface area contributed by atoms with Crippen molar-refractivity contribution >= 4 is 41.2 Å². The quantitative estimate of drug-likeness (QED) is 0.147. The highest BCUT2D eigenvalue weighted by Crippen LogP contribution is 2.44. The second-order valence-corrected chi connectivity index (χ2v) is 12.8. The van der Waals surface area contributed by atoms with E-state index in [9.17, 15) is 19.5 Å². The highest BCUT2D eigenvalue weighted by atomic mass is 35.5. The third kappa shape index (κ3) is 7.77. The van der Waals surface area contributed by atoms with Crippen LogP contribution >= 0.6 is 23.2 Å². The second-order valence-electron chi connectivity index (χ2n) is 12.0. The number of rotatable bonds is 12. The molecule has 4 aromatic carbocycles. The number of aromatic hydroxyl groups is 1. The van der Waals surface area contributed by atoms with Crippen molar-refractivity contribution in [2.45, 2.75) is 51.3 Å². The molecule has 3 atom stereocenters. The summed E-state index contributed by atoms with van der Waals surface area (Å²) >= 11 is 12.3. The van der Waals surface area contributed by atoms with Gasteiger partial charge in [0.1, 0.15) is 25.3 Å². The lowest BCUT2D eigenvalue weighted by Crippen LogP contribution is -2.55. The molecule has 0 fully saturated rings. The van der Waals surface area contributed by atoms with Gasteiger partial charge < -0.3 is 19.9 Å². The van der Waals surface area contributed by atoms with E-state index in [0.29, 0.717) is 12.0 Å². The van der Waals surface area contributed by atoms with Crippen LogP contribution in [0, 0.1) is 5.92 Å². The molecule has 1 aliphatic rings. The zero-order valence-corrected chi connectivity index (χ0v) is 28.5. The highest BCUT2D eigenvalue weighted by molar-refractivity contribution is 6.37. The normalized spacial score (nSPS) is 13.9. The summed E-state index contributed by atoms with van der Waals surface area (Å²) in [4.78, 5) is 42.3. The van der Waals surface area contributed by atoms with Crippen LogP contribution in [0.4, 0.5) is 4.79 Å². The maximum Gasteiger partial charge on any atom is 0.410 e. The number of carbonyl (C=O) groups excluding carboxylic acids is 3. The number of halogens is 2. The number of nitrogens with zero attached hydrogens (tertiary/aromatic N) is 1. The first-order valence-electron chi connectivity index (χ1n) is 15.8. The van der Waals surface area contributed by atoms with Crippen molar-refractivity contribution in [1.82, 2.24) is 10.2 Å². The summed E-state index contributed by atoms with van der Waals surface area (Å²) in [5.41, 5.74) is 5.66. The smallest absolute Gasteiger partial charge is 0.410 e. The fraction of sp³-hybridized carbons (Fsp3) is 0.289. The summed E-state index contributed by atoms with van der Waals surface area (Å²) in [6.45, 7) is 3.88. The Morgan fingerprint density at radius 1 is 0.854 bits per heavy atom. The van der Waals surface area contributed by atoms with E-state index in [1.807, 2.05) is 80.6 Å². The summed E-state index contributed by atoms with van der Waals surface area (Å²) in [6.07, 6.45) is -0.107. The van der Waals surface area contributed by atoms with Gasteiger partial charge in [-0.25, -0.2) is 9.59 Å². The van der Waals surface area contributed by atoms with Crippen LogP contribution in [0.2, 0.25) is 10.0 Å². The van der Waals surface area contributed by atoms with Crippen LogP contribution in [0.5, 0.6) is 5.75 Å². The predicted molar refractivity (Wildman–Crippen MR) is 186 cm³/mol. The Hall–Kier alpha value is -4.53. The Morgan fingerprint density at radius 2 is 1.42 bits per heavy atom. The number of benzene rings is 4. The van der Waals surface area contributed by atoms with Crippen molar-refractivity contribution in [2.24, 2.45) is 5.92 Å². The number of phenolic OH excluding ortho intramolecular Hbond substituents is 1. The summed E-state index contributed by atoms with van der Waals surface area (Å²) < 4.78 is 11.5. The first-order valence-corrected chi connectivity index (χ1v) is 16.6. The van der Waals surface area contributed by atoms with Gasteiger partial charge in [-0.05, 0) is 51.4 Å². The maximum atomic E-state index is 14.0. The van der Waals surface area contributed by atoms with E-state index in [0.717, 1.165) is 27.8 Å². The van der Waals surface area contributed by atoms with Crippen molar-refractivity contribution in [3.63, 3.8) is 0 Å². The lowest BCUT2D eigenvalue weighted by atomic mass is 9.96. The van der Waals surface area contributed by atoms with E-state index in [1.54, 1.807) is 0 Å². The Bertz CT molecular complexity index is 1710. The summed E-state index contributed by atoms with van der Waals surface area (Å²) in [5, 5.41) is 12.9. The molecule has 0 saturated heterocycles. The summed E-state index contributed by atoms with van der Waals surface area (Å²) in [5.74, 6) is -1.93. The van der Waals surface area contributed by atoms with Crippen LogP contribution in [-0.2, 0) is 32.1 Å². The average molecular weight is 690 g/mol. The molecule has 0 bridgehead atoms. The van der Waals surface area contributed by atoms with Crippen LogP contribution in [0.25, 0.3) is 11.1 Å². The number of carbonyl (C=O) groups is 3. The molecular weight excluding hydrogens is 651 g/mol. The third-order valence-electron chi connectivity index (χ3n) is 8.83. The average Bonchev–Trinajstić information content (AvgIpc) is 3.41. The zero-order chi connectivity index (χ0) is 34.4. The molecule has 1 aliphatic carbocycles. The number of likely N-dealkylation sites (N-methyl/N-ethyl adjacent to an activating group) is 1. The molecule has 0 heterocycles. The second kappa shape index (κ2) is 15.6. The fourth-order valence-electron chi connectivity index (χ4n) is 6.10. The van der Waals surface area contributed by atoms with Gasteiger partial charge in [-0.15, -0.1) is 0 Å². The standard InChI is InChI=1S/C38H38Cl2N2O6/c1-4-23(2)34(42(3)38(46)48-22-30-28-16-10-8-14-26(28)27-15-9-11-17-29(27)30)36(44)41-33(20-25-18-31(39)35(43)32(40)19-25)37(45)47-21-24-12-6-5-7-13-24/h5-19,23,30,33-34,43H,4,20-22H2,1-3H3,(H,41,44)/t23-,33+,34-/m0/s1. The fourth-order valence-corrected chi connectivity index (χ4v) is 6.63. The minimum atomic E-state index is -1.15. The van der Waals surface area contributed by atoms with Crippen LogP contribution in [0.1, 0.15) is 48.4 Å². The number of esters is 1. The molecular formula is C38H38Cl2N2O6. The number of phenols is 1. The Labute approximate surface area is 290 Å². The molecule has 5 rings (SSSR count). The first kappa shape index (κ1) is 34.8. The maximum absolute atomic E-state index is 14.0. The molecule has 250 valence electrons. The van der Waals surface area contributed by atoms with Gasteiger partial charge >= 0.3 is 12.1 Å². The Morgan fingerprint density at radius 3 is 2.00 bits per heavy atom. The molecule has 48 heavy (non-hydrogen) atoms. The lowest BCUT2D eigenvalue weighted by Gasteiger charge is -2.32. The molecule has 0 aromatic heterocycles. The minimum absolute atomic E-state index is 0.00240. The van der Waals surface area contributed by atoms with E-state index in [1.165, 1.54) is 24.1 Å². The zero-order valence-electron chi connectivity index (χ0n) is 27.0. The number of amides is 2. The van der Waals surface area contributed by atoms with Gasteiger partial charge in [0.15, 0.2) is 5.75 Å². The lowest BCUT2D eigenvalue weighted by molar-refractivity contribution is -0.149. The van der Waals surface area contributed by atoms with Crippen molar-refractivity contribution in [3.8, 4) is 16.9 Å². The summed E-state index contributed by atoms with van der Waals surface area (Å²) in [7, 11) is 1.53.